The van der Waals surface area contributed by atoms with Gasteiger partial charge in [-0.3, -0.25) is 0 Å². The molecule has 1 aliphatic heterocycles. The lowest BCUT2D eigenvalue weighted by atomic mass is 10.0. The number of rotatable bonds is 2. The zero-order valence-corrected chi connectivity index (χ0v) is 9.42. The van der Waals surface area contributed by atoms with Crippen LogP contribution < -0.4 is 0 Å². The summed E-state index contributed by atoms with van der Waals surface area (Å²) in [6.45, 7) is 4.07. The highest BCUT2D eigenvalue weighted by atomic mass is 32.1. The van der Waals surface area contributed by atoms with E-state index in [4.69, 9.17) is 0 Å². The van der Waals surface area contributed by atoms with Gasteiger partial charge in [0.05, 0.1) is 16.0 Å². The third kappa shape index (κ3) is 1.97. The number of likely N-dealkylation sites (tertiary alicyclic amines) is 1. The van der Waals surface area contributed by atoms with E-state index in [0.717, 1.165) is 29.4 Å². The van der Waals surface area contributed by atoms with Crippen LogP contribution in [0.2, 0.25) is 0 Å². The number of hydrogen-bond acceptors (Lipinski definition) is 4. The molecule has 14 heavy (non-hydrogen) atoms. The van der Waals surface area contributed by atoms with Gasteiger partial charge in [-0.1, -0.05) is 0 Å². The SMILES string of the molecule is Cc1ncc(C(O)C2CCN(C)C2)s1. The molecule has 1 aromatic rings. The van der Waals surface area contributed by atoms with Crippen LogP contribution in [0.15, 0.2) is 6.20 Å². The summed E-state index contributed by atoms with van der Waals surface area (Å²) >= 11 is 1.60. The molecule has 0 aromatic carbocycles. The summed E-state index contributed by atoms with van der Waals surface area (Å²) in [5, 5.41) is 11.1. The Bertz CT molecular complexity index is 313. The maximum absolute atomic E-state index is 10.1. The fourth-order valence-corrected chi connectivity index (χ4v) is 2.84. The fraction of sp³-hybridized carbons (Fsp3) is 0.700. The lowest BCUT2D eigenvalue weighted by Crippen LogP contribution is -2.17. The first-order valence-corrected chi connectivity index (χ1v) is 5.77. The zero-order valence-electron chi connectivity index (χ0n) is 8.60. The Morgan fingerprint density at radius 1 is 1.71 bits per heavy atom. The number of aromatic nitrogens is 1. The van der Waals surface area contributed by atoms with Crippen LogP contribution in [0.1, 0.15) is 22.4 Å². The predicted molar refractivity (Wildman–Crippen MR) is 57.4 cm³/mol. The van der Waals surface area contributed by atoms with Crippen LogP contribution >= 0.6 is 11.3 Å². The van der Waals surface area contributed by atoms with E-state index in [9.17, 15) is 5.11 Å². The van der Waals surface area contributed by atoms with Gasteiger partial charge in [0, 0.05) is 18.7 Å². The number of thiazole rings is 1. The molecule has 1 aliphatic rings. The summed E-state index contributed by atoms with van der Waals surface area (Å²) in [6.07, 6.45) is 2.59. The summed E-state index contributed by atoms with van der Waals surface area (Å²) in [6, 6.07) is 0. The van der Waals surface area contributed by atoms with Gasteiger partial charge >= 0.3 is 0 Å². The molecule has 0 bridgehead atoms. The first kappa shape index (κ1) is 10.1. The first-order chi connectivity index (χ1) is 6.66. The van der Waals surface area contributed by atoms with Gasteiger partial charge in [0.2, 0.25) is 0 Å². The number of nitrogens with zero attached hydrogens (tertiary/aromatic N) is 2. The van der Waals surface area contributed by atoms with E-state index >= 15 is 0 Å². The van der Waals surface area contributed by atoms with E-state index in [1.54, 1.807) is 11.3 Å². The van der Waals surface area contributed by atoms with Gasteiger partial charge in [0.25, 0.3) is 0 Å². The molecule has 2 unspecified atom stereocenters. The molecule has 78 valence electrons. The number of aliphatic hydroxyl groups excluding tert-OH is 1. The van der Waals surface area contributed by atoms with Crippen LogP contribution in [-0.2, 0) is 0 Å². The highest BCUT2D eigenvalue weighted by Crippen LogP contribution is 2.31. The minimum absolute atomic E-state index is 0.314. The van der Waals surface area contributed by atoms with Gasteiger partial charge in [-0.2, -0.15) is 0 Å². The molecule has 2 rings (SSSR count). The van der Waals surface area contributed by atoms with Crippen LogP contribution in [0.25, 0.3) is 0 Å². The quantitative estimate of drug-likeness (QED) is 0.806. The van der Waals surface area contributed by atoms with Crippen molar-refractivity contribution in [1.29, 1.82) is 0 Å². The largest absolute Gasteiger partial charge is 0.387 e. The minimum Gasteiger partial charge on any atom is -0.387 e. The molecule has 0 saturated carbocycles. The Morgan fingerprint density at radius 2 is 2.50 bits per heavy atom. The molecular weight excluding hydrogens is 196 g/mol. The van der Waals surface area contributed by atoms with Crippen molar-refractivity contribution in [1.82, 2.24) is 9.88 Å². The molecule has 0 spiro atoms. The standard InChI is InChI=1S/C10H16N2OS/c1-7-11-5-9(14-7)10(13)8-3-4-12(2)6-8/h5,8,10,13H,3-4,6H2,1-2H3. The number of aliphatic hydroxyl groups is 1. The van der Waals surface area contributed by atoms with Crippen molar-refractivity contribution >= 4 is 11.3 Å². The van der Waals surface area contributed by atoms with Crippen molar-refractivity contribution in [2.45, 2.75) is 19.4 Å². The fourth-order valence-electron chi connectivity index (χ4n) is 1.97. The second-order valence-electron chi connectivity index (χ2n) is 4.04. The summed E-state index contributed by atoms with van der Waals surface area (Å²) < 4.78 is 0. The van der Waals surface area contributed by atoms with Crippen LogP contribution in [-0.4, -0.2) is 35.1 Å². The van der Waals surface area contributed by atoms with Gasteiger partial charge in [0.15, 0.2) is 0 Å². The molecular formula is C10H16N2OS. The smallest absolute Gasteiger partial charge is 0.0938 e. The summed E-state index contributed by atoms with van der Waals surface area (Å²) in [5.74, 6) is 0.389. The molecule has 1 N–H and O–H groups in total. The number of hydrogen-bond donors (Lipinski definition) is 1. The third-order valence-corrected chi connectivity index (χ3v) is 3.79. The Balaban J connectivity index is 2.05. The highest BCUT2D eigenvalue weighted by molar-refractivity contribution is 7.11. The second kappa shape index (κ2) is 3.96. The van der Waals surface area contributed by atoms with E-state index in [1.807, 2.05) is 13.1 Å². The normalized spacial score (nSPS) is 25.5. The summed E-state index contributed by atoms with van der Waals surface area (Å²) in [4.78, 5) is 7.46. The molecule has 2 heterocycles. The average Bonchev–Trinajstić information content (AvgIpc) is 2.73. The van der Waals surface area contributed by atoms with Crippen molar-refractivity contribution in [2.75, 3.05) is 20.1 Å². The van der Waals surface area contributed by atoms with Crippen molar-refractivity contribution < 1.29 is 5.11 Å². The van der Waals surface area contributed by atoms with E-state index in [0.29, 0.717) is 5.92 Å². The monoisotopic (exact) mass is 212 g/mol. The molecule has 1 aromatic heterocycles. The van der Waals surface area contributed by atoms with Gasteiger partial charge in [-0.25, -0.2) is 4.98 Å². The summed E-state index contributed by atoms with van der Waals surface area (Å²) in [7, 11) is 2.10. The van der Waals surface area contributed by atoms with E-state index in [-0.39, 0.29) is 6.10 Å². The summed E-state index contributed by atoms with van der Waals surface area (Å²) in [5.41, 5.74) is 0. The van der Waals surface area contributed by atoms with Crippen LogP contribution in [0, 0.1) is 12.8 Å². The second-order valence-corrected chi connectivity index (χ2v) is 5.30. The highest BCUT2D eigenvalue weighted by Gasteiger charge is 2.28. The minimum atomic E-state index is -0.314. The molecule has 0 radical (unpaired) electrons. The Kier molecular flexibility index (Phi) is 2.85. The van der Waals surface area contributed by atoms with Gasteiger partial charge in [-0.05, 0) is 26.9 Å². The van der Waals surface area contributed by atoms with E-state index in [1.165, 1.54) is 0 Å². The Labute approximate surface area is 88.4 Å². The van der Waals surface area contributed by atoms with Gasteiger partial charge in [0.1, 0.15) is 0 Å². The van der Waals surface area contributed by atoms with Crippen molar-refractivity contribution in [2.24, 2.45) is 5.92 Å². The van der Waals surface area contributed by atoms with Gasteiger partial charge < -0.3 is 10.0 Å². The van der Waals surface area contributed by atoms with E-state index < -0.39 is 0 Å². The molecule has 2 atom stereocenters. The van der Waals surface area contributed by atoms with Crippen LogP contribution in [0.4, 0.5) is 0 Å². The Hall–Kier alpha value is -0.450. The first-order valence-electron chi connectivity index (χ1n) is 4.96. The predicted octanol–water partition coefficient (Wildman–Crippen LogP) is 1.44. The molecule has 1 saturated heterocycles. The van der Waals surface area contributed by atoms with Crippen molar-refractivity contribution in [3.05, 3.63) is 16.1 Å². The molecule has 1 fully saturated rings. The third-order valence-electron chi connectivity index (χ3n) is 2.80. The molecule has 4 heteroatoms. The van der Waals surface area contributed by atoms with Crippen LogP contribution in [0.3, 0.4) is 0 Å². The molecule has 0 aliphatic carbocycles. The van der Waals surface area contributed by atoms with Gasteiger partial charge in [-0.15, -0.1) is 11.3 Å². The van der Waals surface area contributed by atoms with Crippen molar-refractivity contribution in [3.8, 4) is 0 Å². The molecule has 0 amide bonds. The maximum atomic E-state index is 10.1. The maximum Gasteiger partial charge on any atom is 0.0938 e. The average molecular weight is 212 g/mol. The van der Waals surface area contributed by atoms with E-state index in [2.05, 4.69) is 16.9 Å². The topological polar surface area (TPSA) is 36.4 Å². The van der Waals surface area contributed by atoms with Crippen molar-refractivity contribution in [3.63, 3.8) is 0 Å². The molecule has 3 nitrogen and oxygen atoms in total. The Morgan fingerprint density at radius 3 is 3.00 bits per heavy atom. The zero-order chi connectivity index (χ0) is 10.1. The lowest BCUT2D eigenvalue weighted by molar-refractivity contribution is 0.116. The number of aryl methyl sites for hydroxylation is 1. The lowest BCUT2D eigenvalue weighted by Gasteiger charge is -2.15. The van der Waals surface area contributed by atoms with Crippen LogP contribution in [0.5, 0.6) is 0 Å².